The average molecular weight is 179 g/mol. The Labute approximate surface area is 72.4 Å². The summed E-state index contributed by atoms with van der Waals surface area (Å²) in [5.41, 5.74) is 2.64. The molecule has 0 aromatic rings. The van der Waals surface area contributed by atoms with E-state index in [4.69, 9.17) is 5.11 Å². The molecular formula is C6H5N5O2. The van der Waals surface area contributed by atoms with Crippen molar-refractivity contribution in [1.82, 2.24) is 19.6 Å². The lowest BCUT2D eigenvalue weighted by atomic mass is 10.4. The van der Waals surface area contributed by atoms with E-state index in [2.05, 4.69) is 20.4 Å². The number of amides is 1. The number of hydrogen-bond donors (Lipinski definition) is 2. The van der Waals surface area contributed by atoms with Gasteiger partial charge in [-0.2, -0.15) is 0 Å². The minimum Gasteiger partial charge on any atom is -0.464 e. The maximum atomic E-state index is 10.3. The molecule has 0 fully saturated rings. The second-order valence-electron chi connectivity index (χ2n) is 2.26. The lowest BCUT2D eigenvalue weighted by Gasteiger charge is -2.07. The van der Waals surface area contributed by atoms with E-state index in [9.17, 15) is 4.79 Å². The molecule has 2 aliphatic heterocycles. The Morgan fingerprint density at radius 3 is 3.15 bits per heavy atom. The van der Waals surface area contributed by atoms with Crippen molar-refractivity contribution in [2.24, 2.45) is 0 Å². The van der Waals surface area contributed by atoms with Gasteiger partial charge in [0.05, 0.1) is 6.20 Å². The largest absolute Gasteiger partial charge is 0.464 e. The van der Waals surface area contributed by atoms with E-state index < -0.39 is 6.09 Å². The van der Waals surface area contributed by atoms with Crippen LogP contribution in [0.25, 0.3) is 11.5 Å². The van der Waals surface area contributed by atoms with E-state index in [1.165, 1.54) is 23.5 Å². The number of imidazole rings is 1. The average Bonchev–Trinajstić information content (AvgIpc) is 2.51. The molecule has 1 amide bonds. The standard InChI is InChI=1S/C6H5N5O2/c12-6(13)10-11-3-7-1-4-5(11)9-2-8-4/h1-3,10H,(H,12,13). The Hall–Kier alpha value is -2.18. The Kier molecular flexibility index (Phi) is 1.55. The van der Waals surface area contributed by atoms with Gasteiger partial charge in [-0.1, -0.05) is 0 Å². The van der Waals surface area contributed by atoms with E-state index >= 15 is 0 Å². The molecule has 0 aromatic carbocycles. The highest BCUT2D eigenvalue weighted by Crippen LogP contribution is 2.12. The van der Waals surface area contributed by atoms with E-state index in [1.54, 1.807) is 0 Å². The van der Waals surface area contributed by atoms with Gasteiger partial charge in [0.25, 0.3) is 0 Å². The van der Waals surface area contributed by atoms with Crippen LogP contribution < -0.4 is 5.43 Å². The van der Waals surface area contributed by atoms with Crippen molar-refractivity contribution in [2.45, 2.75) is 0 Å². The third kappa shape index (κ3) is 1.26. The van der Waals surface area contributed by atoms with Crippen LogP contribution in [0.1, 0.15) is 0 Å². The van der Waals surface area contributed by atoms with Gasteiger partial charge in [0.1, 0.15) is 18.3 Å². The molecule has 0 spiro atoms. The Bertz CT molecular complexity index is 411. The highest BCUT2D eigenvalue weighted by atomic mass is 16.4. The third-order valence-corrected chi connectivity index (χ3v) is 1.43. The molecule has 2 heterocycles. The minimum atomic E-state index is -1.18. The fraction of sp³-hybridized carbons (Fsp3) is 0. The number of carboxylic acid groups (broad SMARTS) is 1. The van der Waals surface area contributed by atoms with Crippen LogP contribution in [-0.2, 0) is 0 Å². The predicted molar refractivity (Wildman–Crippen MR) is 41.8 cm³/mol. The first-order valence-electron chi connectivity index (χ1n) is 3.40. The molecule has 13 heavy (non-hydrogen) atoms. The molecule has 2 rings (SSSR count). The van der Waals surface area contributed by atoms with Crippen molar-refractivity contribution in [3.8, 4) is 11.5 Å². The molecular weight excluding hydrogens is 174 g/mol. The zero-order valence-electron chi connectivity index (χ0n) is 6.38. The van der Waals surface area contributed by atoms with Crippen molar-refractivity contribution in [3.63, 3.8) is 0 Å². The topological polar surface area (TPSA) is 92.9 Å². The predicted octanol–water partition coefficient (Wildman–Crippen LogP) is -0.000600. The van der Waals surface area contributed by atoms with Crippen LogP contribution in [0.3, 0.4) is 0 Å². The van der Waals surface area contributed by atoms with Gasteiger partial charge in [-0.3, -0.25) is 0 Å². The van der Waals surface area contributed by atoms with Crippen molar-refractivity contribution in [3.05, 3.63) is 18.9 Å². The first-order chi connectivity index (χ1) is 6.27. The van der Waals surface area contributed by atoms with Crippen LogP contribution in [0.4, 0.5) is 4.79 Å². The monoisotopic (exact) mass is 179 g/mol. The van der Waals surface area contributed by atoms with E-state index in [0.717, 1.165) is 0 Å². The summed E-state index contributed by atoms with van der Waals surface area (Å²) >= 11 is 0. The summed E-state index contributed by atoms with van der Waals surface area (Å²) in [4.78, 5) is 21.8. The van der Waals surface area contributed by atoms with Crippen molar-refractivity contribution >= 4 is 6.09 Å². The van der Waals surface area contributed by atoms with E-state index in [-0.39, 0.29) is 0 Å². The van der Waals surface area contributed by atoms with Crippen molar-refractivity contribution in [1.29, 1.82) is 0 Å². The molecule has 0 radical (unpaired) electrons. The van der Waals surface area contributed by atoms with Gasteiger partial charge in [0.2, 0.25) is 0 Å². The van der Waals surface area contributed by atoms with Crippen LogP contribution in [0, 0.1) is 0 Å². The zero-order chi connectivity index (χ0) is 9.26. The highest BCUT2D eigenvalue weighted by Gasteiger charge is 2.10. The number of fused-ring (bicyclic) bond motifs is 1. The molecule has 66 valence electrons. The van der Waals surface area contributed by atoms with Crippen molar-refractivity contribution < 1.29 is 9.90 Å². The summed E-state index contributed by atoms with van der Waals surface area (Å²) in [5.74, 6) is 0.428. The molecule has 7 heteroatoms. The van der Waals surface area contributed by atoms with Gasteiger partial charge in [0, 0.05) is 0 Å². The number of carbonyl (C=O) groups is 1. The zero-order valence-corrected chi connectivity index (χ0v) is 6.38. The van der Waals surface area contributed by atoms with Gasteiger partial charge in [-0.05, 0) is 0 Å². The molecule has 0 bridgehead atoms. The quantitative estimate of drug-likeness (QED) is 0.642. The second-order valence-corrected chi connectivity index (χ2v) is 2.26. The first-order valence-corrected chi connectivity index (χ1v) is 3.40. The molecule has 0 saturated heterocycles. The fourth-order valence-electron chi connectivity index (χ4n) is 0.956. The smallest absolute Gasteiger partial charge is 0.424 e. The lowest BCUT2D eigenvalue weighted by molar-refractivity contribution is 0.206. The van der Waals surface area contributed by atoms with E-state index in [1.807, 2.05) is 0 Å². The Balaban J connectivity index is 2.46. The minimum absolute atomic E-state index is 0.428. The number of nitrogens with zero attached hydrogens (tertiary/aromatic N) is 4. The summed E-state index contributed by atoms with van der Waals surface area (Å²) < 4.78 is 1.19. The number of aromatic nitrogens is 4. The van der Waals surface area contributed by atoms with Crippen molar-refractivity contribution in [2.75, 3.05) is 5.43 Å². The summed E-state index contributed by atoms with van der Waals surface area (Å²) in [7, 11) is 0. The number of nitrogens with one attached hydrogen (secondary N) is 1. The number of hydrogen-bond acceptors (Lipinski definition) is 4. The van der Waals surface area contributed by atoms with Crippen LogP contribution in [0.15, 0.2) is 18.9 Å². The molecule has 0 atom stereocenters. The van der Waals surface area contributed by atoms with Gasteiger partial charge in [0.15, 0.2) is 5.82 Å². The van der Waals surface area contributed by atoms with Gasteiger partial charge >= 0.3 is 6.09 Å². The van der Waals surface area contributed by atoms with Crippen LogP contribution in [0.2, 0.25) is 0 Å². The van der Waals surface area contributed by atoms with Gasteiger partial charge in [-0.15, -0.1) is 0 Å². The fourth-order valence-corrected chi connectivity index (χ4v) is 0.956. The molecule has 0 unspecified atom stereocenters. The highest BCUT2D eigenvalue weighted by molar-refractivity contribution is 5.74. The molecule has 2 N–H and O–H groups in total. The Morgan fingerprint density at radius 2 is 2.38 bits per heavy atom. The summed E-state index contributed by atoms with van der Waals surface area (Å²) in [6.07, 6.45) is 2.97. The van der Waals surface area contributed by atoms with Crippen LogP contribution >= 0.6 is 0 Å². The number of rotatable bonds is 1. The summed E-state index contributed by atoms with van der Waals surface area (Å²) in [6.45, 7) is 0. The van der Waals surface area contributed by atoms with Gasteiger partial charge < -0.3 is 5.11 Å². The normalized spacial score (nSPS) is 10.2. The molecule has 0 aromatic heterocycles. The van der Waals surface area contributed by atoms with E-state index in [0.29, 0.717) is 11.5 Å². The first kappa shape index (κ1) is 7.47. The summed E-state index contributed by atoms with van der Waals surface area (Å²) in [5, 5.41) is 8.46. The molecule has 2 aliphatic rings. The van der Waals surface area contributed by atoms with Crippen LogP contribution in [0.5, 0.6) is 0 Å². The molecule has 0 aliphatic carbocycles. The Morgan fingerprint density at radius 1 is 1.54 bits per heavy atom. The maximum Gasteiger partial charge on any atom is 0.424 e. The van der Waals surface area contributed by atoms with Crippen LogP contribution in [-0.4, -0.2) is 30.8 Å². The molecule has 7 nitrogen and oxygen atoms in total. The summed E-state index contributed by atoms with van der Waals surface area (Å²) in [6, 6.07) is 0. The lowest BCUT2D eigenvalue weighted by Crippen LogP contribution is -2.22. The maximum absolute atomic E-state index is 10.3. The SMILES string of the molecule is O=C(O)Nn1cncc2ncnc1-2. The van der Waals surface area contributed by atoms with Gasteiger partial charge in [-0.25, -0.2) is 29.8 Å². The molecule has 0 saturated carbocycles. The third-order valence-electron chi connectivity index (χ3n) is 1.43. The second kappa shape index (κ2) is 2.70.